The predicted molar refractivity (Wildman–Crippen MR) is 149 cm³/mol. The third-order valence-corrected chi connectivity index (χ3v) is 6.41. The molecule has 4 aromatic rings. The first-order valence-electron chi connectivity index (χ1n) is 11.1. The van der Waals surface area contributed by atoms with Crippen LogP contribution in [0.4, 0.5) is 5.69 Å². The van der Waals surface area contributed by atoms with E-state index < -0.39 is 10.3 Å². The monoisotopic (exact) mass is 602 g/mol. The highest BCUT2D eigenvalue weighted by molar-refractivity contribution is 9.10. The quantitative estimate of drug-likeness (QED) is 0.133. The Hall–Kier alpha value is -3.27. The van der Waals surface area contributed by atoms with Gasteiger partial charge < -0.3 is 4.74 Å². The van der Waals surface area contributed by atoms with E-state index in [-0.39, 0.29) is 33.6 Å². The molecule has 1 aromatic heterocycles. The lowest BCUT2D eigenvalue weighted by Gasteiger charge is -2.20. The Kier molecular flexibility index (Phi) is 7.68. The van der Waals surface area contributed by atoms with Crippen LogP contribution in [0.25, 0.3) is 10.9 Å². The number of nitrogens with zero attached hydrogens (tertiary/aromatic N) is 4. The molecule has 0 atom stereocenters. The number of fused-ring (bicyclic) bond motifs is 1. The molecule has 0 amide bonds. The molecule has 0 fully saturated rings. The van der Waals surface area contributed by atoms with Crippen molar-refractivity contribution in [2.45, 2.75) is 32.8 Å². The summed E-state index contributed by atoms with van der Waals surface area (Å²) in [5.41, 5.74) is 1.10. The molecule has 0 spiro atoms. The highest BCUT2D eigenvalue weighted by Crippen LogP contribution is 2.34. The van der Waals surface area contributed by atoms with Crippen molar-refractivity contribution in [2.75, 3.05) is 0 Å². The zero-order valence-electron chi connectivity index (χ0n) is 20.0. The summed E-state index contributed by atoms with van der Waals surface area (Å²) in [5.74, 6) is 0.771. The molecule has 0 aliphatic carbocycles. The van der Waals surface area contributed by atoms with Gasteiger partial charge in [0.1, 0.15) is 12.4 Å². The third-order valence-electron chi connectivity index (χ3n) is 5.35. The molecule has 0 unspecified atom stereocenters. The summed E-state index contributed by atoms with van der Waals surface area (Å²) in [4.78, 5) is 28.4. The molecule has 3 aromatic carbocycles. The van der Waals surface area contributed by atoms with Crippen molar-refractivity contribution >= 4 is 61.9 Å². The minimum atomic E-state index is -0.468. The number of non-ortho nitro benzene ring substituents is 1. The fourth-order valence-electron chi connectivity index (χ4n) is 3.53. The van der Waals surface area contributed by atoms with E-state index in [4.69, 9.17) is 32.9 Å². The van der Waals surface area contributed by atoms with Crippen molar-refractivity contribution in [3.05, 3.63) is 107 Å². The minimum Gasteiger partial charge on any atom is -0.486 e. The number of ether oxygens (including phenoxy) is 1. The Morgan fingerprint density at radius 1 is 1.11 bits per heavy atom. The predicted octanol–water partition coefficient (Wildman–Crippen LogP) is 7.13. The Morgan fingerprint density at radius 2 is 1.76 bits per heavy atom. The van der Waals surface area contributed by atoms with Gasteiger partial charge in [0, 0.05) is 22.0 Å². The van der Waals surface area contributed by atoms with E-state index in [0.29, 0.717) is 27.9 Å². The second-order valence-corrected chi connectivity index (χ2v) is 11.0. The van der Waals surface area contributed by atoms with E-state index >= 15 is 0 Å². The van der Waals surface area contributed by atoms with E-state index in [1.165, 1.54) is 23.0 Å². The van der Waals surface area contributed by atoms with Gasteiger partial charge in [-0.3, -0.25) is 14.9 Å². The van der Waals surface area contributed by atoms with Crippen LogP contribution in [-0.2, 0) is 12.0 Å². The number of rotatable bonds is 6. The lowest BCUT2D eigenvalue weighted by Crippen LogP contribution is -2.29. The van der Waals surface area contributed by atoms with Crippen molar-refractivity contribution < 1.29 is 9.66 Å². The highest BCUT2D eigenvalue weighted by Gasteiger charge is 2.23. The van der Waals surface area contributed by atoms with Gasteiger partial charge in [0.25, 0.3) is 11.2 Å². The lowest BCUT2D eigenvalue weighted by molar-refractivity contribution is -0.384. The molecule has 0 bridgehead atoms. The average Bonchev–Trinajstić information content (AvgIpc) is 2.83. The molecule has 8 nitrogen and oxygen atoms in total. The van der Waals surface area contributed by atoms with Crippen molar-refractivity contribution in [3.8, 4) is 5.75 Å². The van der Waals surface area contributed by atoms with Crippen LogP contribution in [0.5, 0.6) is 5.75 Å². The van der Waals surface area contributed by atoms with E-state index in [1.54, 1.807) is 36.4 Å². The van der Waals surface area contributed by atoms with E-state index in [9.17, 15) is 14.9 Å². The maximum Gasteiger partial charge on any atom is 0.282 e. The van der Waals surface area contributed by atoms with Crippen LogP contribution in [-0.4, -0.2) is 20.8 Å². The highest BCUT2D eigenvalue weighted by atomic mass is 79.9. The number of nitro benzene ring substituents is 1. The number of aromatic nitrogens is 2. The Bertz CT molecular complexity index is 1570. The van der Waals surface area contributed by atoms with Crippen LogP contribution in [0, 0.1) is 10.1 Å². The van der Waals surface area contributed by atoms with E-state index in [1.807, 2.05) is 26.8 Å². The zero-order chi connectivity index (χ0) is 26.9. The van der Waals surface area contributed by atoms with Gasteiger partial charge in [-0.1, -0.05) is 59.9 Å². The fourth-order valence-corrected chi connectivity index (χ4v) is 4.50. The van der Waals surface area contributed by atoms with Crippen LogP contribution in [0.1, 0.15) is 37.7 Å². The van der Waals surface area contributed by atoms with E-state index in [2.05, 4.69) is 21.0 Å². The second kappa shape index (κ2) is 10.6. The van der Waals surface area contributed by atoms with Gasteiger partial charge in [-0.05, 0) is 53.6 Å². The average molecular weight is 604 g/mol. The number of hydrogen-bond donors (Lipinski definition) is 0. The number of hydrogen-bond acceptors (Lipinski definition) is 6. The maximum atomic E-state index is 13.3. The SMILES string of the molecule is CC(C)(C)c1nc2ccc(Br)cc2c(=O)n1N=Cc1cc(Cl)c(OCc2ccc([N+](=O)[O-])cc2)c(Cl)c1. The van der Waals surface area contributed by atoms with Crippen molar-refractivity contribution in [1.82, 2.24) is 9.66 Å². The molecule has 1 heterocycles. The van der Waals surface area contributed by atoms with Gasteiger partial charge in [-0.25, -0.2) is 4.98 Å². The molecule has 0 saturated heterocycles. The lowest BCUT2D eigenvalue weighted by atomic mass is 9.95. The molecule has 11 heteroatoms. The zero-order valence-corrected chi connectivity index (χ0v) is 23.1. The van der Waals surface area contributed by atoms with Gasteiger partial charge >= 0.3 is 0 Å². The first-order chi connectivity index (χ1) is 17.4. The number of nitro groups is 1. The first-order valence-corrected chi connectivity index (χ1v) is 12.6. The van der Waals surface area contributed by atoms with Crippen LogP contribution < -0.4 is 10.3 Å². The van der Waals surface area contributed by atoms with Gasteiger partial charge in [0.05, 0.1) is 32.1 Å². The molecule has 0 aliphatic heterocycles. The molecule has 190 valence electrons. The second-order valence-electron chi connectivity index (χ2n) is 9.23. The number of halogens is 3. The van der Waals surface area contributed by atoms with Crippen LogP contribution >= 0.6 is 39.1 Å². The molecule has 0 radical (unpaired) electrons. The smallest absolute Gasteiger partial charge is 0.282 e. The van der Waals surface area contributed by atoms with Gasteiger partial charge in [0.15, 0.2) is 5.75 Å². The largest absolute Gasteiger partial charge is 0.486 e. The summed E-state index contributed by atoms with van der Waals surface area (Å²) in [5, 5.41) is 16.2. The molecule has 37 heavy (non-hydrogen) atoms. The third kappa shape index (κ3) is 6.01. The summed E-state index contributed by atoms with van der Waals surface area (Å²) in [6.45, 7) is 5.98. The normalized spacial score (nSPS) is 11.8. The molecule has 0 aliphatic rings. The van der Waals surface area contributed by atoms with Crippen LogP contribution in [0.3, 0.4) is 0 Å². The van der Waals surface area contributed by atoms with Crippen LogP contribution in [0.2, 0.25) is 10.0 Å². The molecule has 0 N–H and O–H groups in total. The molecule has 0 saturated carbocycles. The van der Waals surface area contributed by atoms with E-state index in [0.717, 1.165) is 4.47 Å². The maximum absolute atomic E-state index is 13.3. The molecular formula is C26H21BrCl2N4O4. The van der Waals surface area contributed by atoms with Crippen molar-refractivity contribution in [1.29, 1.82) is 0 Å². The summed E-state index contributed by atoms with van der Waals surface area (Å²) in [7, 11) is 0. The Balaban J connectivity index is 1.64. The topological polar surface area (TPSA) is 99.6 Å². The minimum absolute atomic E-state index is 0.00794. The Morgan fingerprint density at radius 3 is 2.35 bits per heavy atom. The van der Waals surface area contributed by atoms with Gasteiger partial charge in [0.2, 0.25) is 0 Å². The van der Waals surface area contributed by atoms with Crippen LogP contribution in [0.15, 0.2) is 69.0 Å². The summed E-state index contributed by atoms with van der Waals surface area (Å²) >= 11 is 16.3. The summed E-state index contributed by atoms with van der Waals surface area (Å²) < 4.78 is 7.82. The van der Waals surface area contributed by atoms with Gasteiger partial charge in [-0.2, -0.15) is 9.78 Å². The standard InChI is InChI=1S/C26H21BrCl2N4O4/c1-26(2,3)25-31-22-9-6-17(27)12-19(22)24(34)32(25)30-13-16-10-20(28)23(21(29)11-16)37-14-15-4-7-18(8-5-15)33(35)36/h4-13H,14H2,1-3H3. The van der Waals surface area contributed by atoms with Crippen molar-refractivity contribution in [3.63, 3.8) is 0 Å². The number of benzene rings is 3. The summed E-state index contributed by atoms with van der Waals surface area (Å²) in [6, 6.07) is 14.6. The summed E-state index contributed by atoms with van der Waals surface area (Å²) in [6.07, 6.45) is 1.49. The van der Waals surface area contributed by atoms with Gasteiger partial charge in [-0.15, -0.1) is 0 Å². The Labute approximate surface area is 230 Å². The van der Waals surface area contributed by atoms with Crippen molar-refractivity contribution in [2.24, 2.45) is 5.10 Å². The first kappa shape index (κ1) is 26.8. The molecule has 4 rings (SSSR count). The molecular weight excluding hydrogens is 583 g/mol. The fraction of sp³-hybridized carbons (Fsp3) is 0.192.